The van der Waals surface area contributed by atoms with E-state index in [1.807, 2.05) is 31.2 Å². The van der Waals surface area contributed by atoms with Crippen molar-refractivity contribution in [1.29, 1.82) is 0 Å². The summed E-state index contributed by atoms with van der Waals surface area (Å²) in [5.74, 6) is 0.650. The van der Waals surface area contributed by atoms with Crippen LogP contribution >= 0.6 is 0 Å². The van der Waals surface area contributed by atoms with Gasteiger partial charge in [0.25, 0.3) is 0 Å². The zero-order valence-corrected chi connectivity index (χ0v) is 12.7. The van der Waals surface area contributed by atoms with Crippen molar-refractivity contribution < 1.29 is 14.3 Å². The second kappa shape index (κ2) is 6.91. The number of rotatable bonds is 5. The topological polar surface area (TPSA) is 73.6 Å². The Hall–Kier alpha value is -1.59. The van der Waals surface area contributed by atoms with Crippen LogP contribution in [0, 0.1) is 0 Å². The van der Waals surface area contributed by atoms with E-state index < -0.39 is 5.54 Å². The average Bonchev–Trinajstić information content (AvgIpc) is 2.50. The first-order valence-corrected chi connectivity index (χ1v) is 7.48. The third kappa shape index (κ3) is 4.19. The first-order chi connectivity index (χ1) is 10.0. The van der Waals surface area contributed by atoms with Crippen LogP contribution in [-0.2, 0) is 9.53 Å². The molecule has 1 aliphatic heterocycles. The van der Waals surface area contributed by atoms with Crippen molar-refractivity contribution in [2.75, 3.05) is 18.5 Å². The molecular formula is C16H24N2O3. The number of hydrogen-bond acceptors (Lipinski definition) is 4. The Kier molecular flexibility index (Phi) is 5.20. The molecule has 116 valence electrons. The fourth-order valence-corrected chi connectivity index (χ4v) is 2.15. The number of anilines is 1. The lowest BCUT2D eigenvalue weighted by molar-refractivity contribution is -0.124. The van der Waals surface area contributed by atoms with E-state index in [4.69, 9.17) is 15.2 Å². The maximum absolute atomic E-state index is 12.3. The number of carbonyl (C=O) groups excluding carboxylic acids is 1. The highest BCUT2D eigenvalue weighted by Gasteiger charge is 2.35. The van der Waals surface area contributed by atoms with E-state index in [1.54, 1.807) is 0 Å². The summed E-state index contributed by atoms with van der Waals surface area (Å²) in [5, 5.41) is 2.87. The molecule has 1 amide bonds. The Bertz CT molecular complexity index is 467. The molecule has 0 radical (unpaired) electrons. The van der Waals surface area contributed by atoms with E-state index in [0.29, 0.717) is 26.1 Å². The fraction of sp³-hybridized carbons (Fsp3) is 0.562. The molecule has 3 N–H and O–H groups in total. The van der Waals surface area contributed by atoms with Gasteiger partial charge in [0, 0.05) is 18.9 Å². The average molecular weight is 292 g/mol. The van der Waals surface area contributed by atoms with Crippen LogP contribution in [0.4, 0.5) is 5.69 Å². The molecular weight excluding hydrogens is 268 g/mol. The Morgan fingerprint density at radius 2 is 2.00 bits per heavy atom. The smallest absolute Gasteiger partial charge is 0.244 e. The molecule has 5 nitrogen and oxygen atoms in total. The second-order valence-electron chi connectivity index (χ2n) is 5.58. The van der Waals surface area contributed by atoms with Gasteiger partial charge >= 0.3 is 0 Å². The van der Waals surface area contributed by atoms with Crippen molar-refractivity contribution in [3.63, 3.8) is 0 Å². The molecule has 0 spiro atoms. The minimum atomic E-state index is -0.829. The standard InChI is InChI=1S/C16H24N2O3/c1-3-12(2)21-14-6-4-13(5-7-14)18-15(19)16(17)8-10-20-11-9-16/h4-7,12H,3,8-11,17H2,1-2H3,(H,18,19). The van der Waals surface area contributed by atoms with Crippen molar-refractivity contribution >= 4 is 11.6 Å². The second-order valence-corrected chi connectivity index (χ2v) is 5.58. The molecule has 1 atom stereocenters. The molecule has 0 aliphatic carbocycles. The van der Waals surface area contributed by atoms with Gasteiger partial charge in [-0.1, -0.05) is 6.92 Å². The van der Waals surface area contributed by atoms with Crippen LogP contribution in [-0.4, -0.2) is 30.8 Å². The molecule has 5 heteroatoms. The molecule has 1 unspecified atom stereocenters. The summed E-state index contributed by atoms with van der Waals surface area (Å²) >= 11 is 0. The van der Waals surface area contributed by atoms with Crippen LogP contribution in [0.2, 0.25) is 0 Å². The number of ether oxygens (including phenoxy) is 2. The Labute approximate surface area is 125 Å². The zero-order chi connectivity index (χ0) is 15.3. The monoisotopic (exact) mass is 292 g/mol. The number of amides is 1. The first-order valence-electron chi connectivity index (χ1n) is 7.48. The minimum Gasteiger partial charge on any atom is -0.491 e. The zero-order valence-electron chi connectivity index (χ0n) is 12.7. The Morgan fingerprint density at radius 3 is 2.57 bits per heavy atom. The molecule has 1 heterocycles. The van der Waals surface area contributed by atoms with Crippen LogP contribution in [0.15, 0.2) is 24.3 Å². The van der Waals surface area contributed by atoms with E-state index >= 15 is 0 Å². The van der Waals surface area contributed by atoms with Crippen LogP contribution in [0.1, 0.15) is 33.1 Å². The third-order valence-electron chi connectivity index (χ3n) is 3.86. The maximum atomic E-state index is 12.3. The number of carbonyl (C=O) groups is 1. The Morgan fingerprint density at radius 1 is 1.38 bits per heavy atom. The molecule has 1 aromatic rings. The Balaban J connectivity index is 1.95. The molecule has 1 fully saturated rings. The lowest BCUT2D eigenvalue weighted by Gasteiger charge is -2.31. The molecule has 0 bridgehead atoms. The van der Waals surface area contributed by atoms with Crippen molar-refractivity contribution in [2.24, 2.45) is 5.73 Å². The lowest BCUT2D eigenvalue weighted by Crippen LogP contribution is -2.54. The number of nitrogens with one attached hydrogen (secondary N) is 1. The van der Waals surface area contributed by atoms with Crippen molar-refractivity contribution in [3.8, 4) is 5.75 Å². The number of nitrogens with two attached hydrogens (primary N) is 1. The summed E-state index contributed by atoms with van der Waals surface area (Å²) < 4.78 is 11.0. The summed E-state index contributed by atoms with van der Waals surface area (Å²) in [6.07, 6.45) is 2.23. The van der Waals surface area contributed by atoms with Gasteiger partial charge in [-0.25, -0.2) is 0 Å². The maximum Gasteiger partial charge on any atom is 0.244 e. The first kappa shape index (κ1) is 15.8. The van der Waals surface area contributed by atoms with Gasteiger partial charge in [-0.15, -0.1) is 0 Å². The van der Waals surface area contributed by atoms with Crippen molar-refractivity contribution in [3.05, 3.63) is 24.3 Å². The predicted molar refractivity (Wildman–Crippen MR) is 82.4 cm³/mol. The van der Waals surface area contributed by atoms with Gasteiger partial charge in [0.1, 0.15) is 11.3 Å². The highest BCUT2D eigenvalue weighted by atomic mass is 16.5. The van der Waals surface area contributed by atoms with Gasteiger partial charge in [0.15, 0.2) is 0 Å². The van der Waals surface area contributed by atoms with Gasteiger partial charge in [-0.05, 0) is 50.5 Å². The number of benzene rings is 1. The van der Waals surface area contributed by atoms with Crippen molar-refractivity contribution in [2.45, 2.75) is 44.8 Å². The SMILES string of the molecule is CCC(C)Oc1ccc(NC(=O)C2(N)CCOCC2)cc1. The van der Waals surface area contributed by atoms with Gasteiger partial charge < -0.3 is 20.5 Å². The van der Waals surface area contributed by atoms with E-state index in [0.717, 1.165) is 17.9 Å². The highest BCUT2D eigenvalue weighted by Crippen LogP contribution is 2.22. The molecule has 0 aromatic heterocycles. The summed E-state index contributed by atoms with van der Waals surface area (Å²) in [5.41, 5.74) is 6.05. The van der Waals surface area contributed by atoms with Crippen LogP contribution in [0.25, 0.3) is 0 Å². The van der Waals surface area contributed by atoms with Gasteiger partial charge in [0.2, 0.25) is 5.91 Å². The predicted octanol–water partition coefficient (Wildman–Crippen LogP) is 2.31. The molecule has 21 heavy (non-hydrogen) atoms. The van der Waals surface area contributed by atoms with Crippen LogP contribution < -0.4 is 15.8 Å². The normalized spacial score (nSPS) is 18.8. The van der Waals surface area contributed by atoms with Gasteiger partial charge in [-0.3, -0.25) is 4.79 Å². The van der Waals surface area contributed by atoms with E-state index in [2.05, 4.69) is 12.2 Å². The van der Waals surface area contributed by atoms with Crippen LogP contribution in [0.5, 0.6) is 5.75 Å². The van der Waals surface area contributed by atoms with Gasteiger partial charge in [-0.2, -0.15) is 0 Å². The summed E-state index contributed by atoms with van der Waals surface area (Å²) in [4.78, 5) is 12.3. The van der Waals surface area contributed by atoms with E-state index in [1.165, 1.54) is 0 Å². The largest absolute Gasteiger partial charge is 0.491 e. The summed E-state index contributed by atoms with van der Waals surface area (Å²) in [7, 11) is 0. The van der Waals surface area contributed by atoms with Crippen molar-refractivity contribution in [1.82, 2.24) is 0 Å². The quantitative estimate of drug-likeness (QED) is 0.873. The fourth-order valence-electron chi connectivity index (χ4n) is 2.15. The summed E-state index contributed by atoms with van der Waals surface area (Å²) in [6.45, 7) is 5.17. The lowest BCUT2D eigenvalue weighted by atomic mass is 9.90. The van der Waals surface area contributed by atoms with Gasteiger partial charge in [0.05, 0.1) is 6.10 Å². The minimum absolute atomic E-state index is 0.151. The molecule has 0 saturated carbocycles. The highest BCUT2D eigenvalue weighted by molar-refractivity contribution is 5.98. The summed E-state index contributed by atoms with van der Waals surface area (Å²) in [6, 6.07) is 7.38. The molecule has 1 aromatic carbocycles. The van der Waals surface area contributed by atoms with E-state index in [9.17, 15) is 4.79 Å². The molecule has 1 aliphatic rings. The molecule has 1 saturated heterocycles. The number of hydrogen-bond donors (Lipinski definition) is 2. The van der Waals surface area contributed by atoms with Crippen LogP contribution in [0.3, 0.4) is 0 Å². The van der Waals surface area contributed by atoms with E-state index in [-0.39, 0.29) is 12.0 Å². The molecule has 2 rings (SSSR count). The third-order valence-corrected chi connectivity index (χ3v) is 3.86.